The molecular weight excluding hydrogens is 1040 g/mol. The van der Waals surface area contributed by atoms with Crippen molar-refractivity contribution in [2.75, 3.05) is 79.3 Å². The minimum absolute atomic E-state index is 0.0665. The molecule has 0 saturated carbocycles. The van der Waals surface area contributed by atoms with E-state index in [1.807, 2.05) is 83.1 Å². The van der Waals surface area contributed by atoms with Gasteiger partial charge in [0, 0.05) is 138 Å². The summed E-state index contributed by atoms with van der Waals surface area (Å²) < 4.78 is 29.0. The van der Waals surface area contributed by atoms with E-state index in [0.717, 1.165) is 104 Å². The Morgan fingerprint density at radius 1 is 0.270 bits per heavy atom. The van der Waals surface area contributed by atoms with Crippen LogP contribution in [0.2, 0.25) is 20.1 Å². The van der Waals surface area contributed by atoms with E-state index in [9.17, 15) is 40.9 Å². The highest BCUT2D eigenvalue weighted by Crippen LogP contribution is 2.48. The zero-order valence-corrected chi connectivity index (χ0v) is 48.1. The molecule has 0 atom stereocenters. The Balaban J connectivity index is 0. The van der Waals surface area contributed by atoms with E-state index in [1.165, 1.54) is 24.3 Å². The maximum absolute atomic E-state index is 10.8. The molecule has 418 valence electrons. The molecule has 0 bridgehead atoms. The standard InChI is InChI=1S/C32H22Cl4O8.6C4H10O/c33-19-5-15(23(37)9-27(19)41)31(16-6-20(34)28(42)10-24(16)38)13-1-2-14(4-3-13)32(17-7-21(35)29(43)11-25(17)39)18-8-22(36)30(44)12-26(18)40;6*1-3-5-4-2/h1-12,31-32,37-44H;6*3-4H2,1-2H3. The third kappa shape index (κ3) is 26.8. The van der Waals surface area contributed by atoms with Gasteiger partial charge in [-0.3, -0.25) is 0 Å². The zero-order chi connectivity index (χ0) is 56.8. The normalized spacial score (nSPS) is 10.2. The molecule has 0 fully saturated rings. The van der Waals surface area contributed by atoms with Crippen LogP contribution in [0.15, 0.2) is 72.8 Å². The number of hydrogen-bond acceptors (Lipinski definition) is 14. The van der Waals surface area contributed by atoms with E-state index in [2.05, 4.69) is 0 Å². The number of ether oxygens (including phenoxy) is 6. The lowest BCUT2D eigenvalue weighted by Gasteiger charge is -2.24. The molecule has 0 unspecified atom stereocenters. The summed E-state index contributed by atoms with van der Waals surface area (Å²) in [5.41, 5.74) is 1.75. The monoisotopic (exact) mass is 1120 g/mol. The summed E-state index contributed by atoms with van der Waals surface area (Å²) in [6.45, 7) is 34.0. The molecule has 5 aromatic carbocycles. The fourth-order valence-electron chi connectivity index (χ4n) is 6.35. The second-order valence-corrected chi connectivity index (χ2v) is 16.3. The molecule has 0 aromatic heterocycles. The molecule has 8 N–H and O–H groups in total. The third-order valence-electron chi connectivity index (χ3n) is 9.68. The molecule has 5 aromatic rings. The maximum Gasteiger partial charge on any atom is 0.137 e. The number of halogens is 4. The SMILES string of the molecule is CCOCC.CCOCC.CCOCC.CCOCC.CCOCC.CCOCC.Oc1cc(O)c(C(c2ccc(C(c3cc(Cl)c(O)cc3O)c3cc(Cl)c(O)cc3O)cc2)c2cc(Cl)c(O)cc2O)cc1Cl. The molecule has 0 amide bonds. The van der Waals surface area contributed by atoms with E-state index in [0.29, 0.717) is 11.1 Å². The van der Waals surface area contributed by atoms with Crippen LogP contribution in [0, 0.1) is 0 Å². The number of phenolic OH excluding ortho intramolecular Hbond substituents is 8. The van der Waals surface area contributed by atoms with Gasteiger partial charge in [-0.05, 0) is 118 Å². The van der Waals surface area contributed by atoms with Gasteiger partial charge in [0.25, 0.3) is 0 Å². The van der Waals surface area contributed by atoms with Crippen LogP contribution in [0.4, 0.5) is 0 Å². The number of rotatable bonds is 18. The van der Waals surface area contributed by atoms with Gasteiger partial charge >= 0.3 is 0 Å². The average Bonchev–Trinajstić information content (AvgIpc) is 3.36. The Kier molecular flexibility index (Phi) is 41.2. The summed E-state index contributed by atoms with van der Waals surface area (Å²) in [4.78, 5) is 0. The van der Waals surface area contributed by atoms with Gasteiger partial charge in [0.2, 0.25) is 0 Å². The predicted molar refractivity (Wildman–Crippen MR) is 300 cm³/mol. The van der Waals surface area contributed by atoms with E-state index in [4.69, 9.17) is 74.8 Å². The van der Waals surface area contributed by atoms with Crippen LogP contribution in [0.25, 0.3) is 0 Å². The molecule has 0 aliphatic heterocycles. The van der Waals surface area contributed by atoms with Gasteiger partial charge in [0.05, 0.1) is 20.1 Å². The fourth-order valence-corrected chi connectivity index (χ4v) is 7.04. The first kappa shape index (κ1) is 71.5. The molecule has 0 spiro atoms. The fraction of sp³-hybridized carbons (Fsp3) is 0.464. The molecular formula is C56H82Cl4O14. The van der Waals surface area contributed by atoms with Crippen molar-refractivity contribution in [2.24, 2.45) is 0 Å². The zero-order valence-electron chi connectivity index (χ0n) is 45.1. The minimum atomic E-state index is -0.924. The van der Waals surface area contributed by atoms with E-state index >= 15 is 0 Å². The Labute approximate surface area is 459 Å². The molecule has 0 heterocycles. The van der Waals surface area contributed by atoms with Crippen LogP contribution in [0.3, 0.4) is 0 Å². The van der Waals surface area contributed by atoms with Crippen molar-refractivity contribution in [3.8, 4) is 46.0 Å². The van der Waals surface area contributed by atoms with Gasteiger partial charge in [0.15, 0.2) is 0 Å². The van der Waals surface area contributed by atoms with Crippen LogP contribution < -0.4 is 0 Å². The van der Waals surface area contributed by atoms with E-state index in [-0.39, 0.29) is 88.3 Å². The van der Waals surface area contributed by atoms with Crippen molar-refractivity contribution in [1.82, 2.24) is 0 Å². The minimum Gasteiger partial charge on any atom is -0.507 e. The van der Waals surface area contributed by atoms with Crippen LogP contribution in [-0.4, -0.2) is 120 Å². The van der Waals surface area contributed by atoms with E-state index < -0.39 is 11.8 Å². The predicted octanol–water partition coefficient (Wildman–Crippen LogP) is 14.6. The first-order valence-corrected chi connectivity index (χ1v) is 26.2. The van der Waals surface area contributed by atoms with Gasteiger partial charge in [-0.1, -0.05) is 70.7 Å². The summed E-state index contributed by atoms with van der Waals surface area (Å²) in [6, 6.07) is 16.1. The van der Waals surface area contributed by atoms with Crippen LogP contribution in [0.1, 0.15) is 128 Å². The van der Waals surface area contributed by atoms with Crippen molar-refractivity contribution in [1.29, 1.82) is 0 Å². The molecule has 18 heteroatoms. The highest BCUT2D eigenvalue weighted by Gasteiger charge is 2.29. The molecule has 0 radical (unpaired) electrons. The average molecular weight is 1120 g/mol. The smallest absolute Gasteiger partial charge is 0.137 e. The highest BCUT2D eigenvalue weighted by atomic mass is 35.5. The summed E-state index contributed by atoms with van der Waals surface area (Å²) in [7, 11) is 0. The lowest BCUT2D eigenvalue weighted by molar-refractivity contribution is 0.162. The van der Waals surface area contributed by atoms with Crippen molar-refractivity contribution in [3.63, 3.8) is 0 Å². The molecule has 0 saturated heterocycles. The number of phenols is 8. The molecule has 74 heavy (non-hydrogen) atoms. The largest absolute Gasteiger partial charge is 0.507 e. The lowest BCUT2D eigenvalue weighted by atomic mass is 9.80. The van der Waals surface area contributed by atoms with Gasteiger partial charge < -0.3 is 69.3 Å². The quantitative estimate of drug-likeness (QED) is 0.0383. The lowest BCUT2D eigenvalue weighted by Crippen LogP contribution is -2.07. The molecule has 5 rings (SSSR count). The number of aromatic hydroxyl groups is 8. The van der Waals surface area contributed by atoms with Gasteiger partial charge in [-0.2, -0.15) is 0 Å². The summed E-state index contributed by atoms with van der Waals surface area (Å²) in [6.07, 6.45) is 0. The van der Waals surface area contributed by atoms with Gasteiger partial charge in [-0.15, -0.1) is 0 Å². The first-order chi connectivity index (χ1) is 35.2. The Hall–Kier alpha value is -4.58. The van der Waals surface area contributed by atoms with Crippen molar-refractivity contribution in [3.05, 3.63) is 126 Å². The Bertz CT molecular complexity index is 1940. The first-order valence-electron chi connectivity index (χ1n) is 24.7. The van der Waals surface area contributed by atoms with E-state index in [1.54, 1.807) is 24.3 Å². The highest BCUT2D eigenvalue weighted by molar-refractivity contribution is 6.33. The van der Waals surface area contributed by atoms with Crippen molar-refractivity contribution in [2.45, 2.75) is 94.9 Å². The van der Waals surface area contributed by atoms with Crippen LogP contribution in [-0.2, 0) is 28.4 Å². The third-order valence-corrected chi connectivity index (χ3v) is 10.9. The van der Waals surface area contributed by atoms with Crippen LogP contribution >= 0.6 is 46.4 Å². The van der Waals surface area contributed by atoms with Crippen molar-refractivity contribution >= 4 is 46.4 Å². The van der Waals surface area contributed by atoms with Gasteiger partial charge in [-0.25, -0.2) is 0 Å². The molecule has 0 aliphatic rings. The second kappa shape index (κ2) is 42.6. The maximum atomic E-state index is 10.8. The van der Waals surface area contributed by atoms with Gasteiger partial charge in [0.1, 0.15) is 46.0 Å². The number of benzene rings is 5. The summed E-state index contributed by atoms with van der Waals surface area (Å²) in [5.74, 6) is -4.65. The molecule has 0 aliphatic carbocycles. The summed E-state index contributed by atoms with van der Waals surface area (Å²) >= 11 is 24.7. The van der Waals surface area contributed by atoms with Crippen molar-refractivity contribution < 1.29 is 69.3 Å². The topological polar surface area (TPSA) is 217 Å². The second-order valence-electron chi connectivity index (χ2n) is 14.7. The number of hydrogen-bond donors (Lipinski definition) is 8. The molecule has 14 nitrogen and oxygen atoms in total. The summed E-state index contributed by atoms with van der Waals surface area (Å²) in [5, 5.41) is 83.1. The van der Waals surface area contributed by atoms with Crippen LogP contribution in [0.5, 0.6) is 46.0 Å². The Morgan fingerprint density at radius 2 is 0.419 bits per heavy atom. The Morgan fingerprint density at radius 3 is 0.541 bits per heavy atom.